The van der Waals surface area contributed by atoms with E-state index in [1.165, 1.54) is 0 Å². The molecule has 96 valence electrons. The van der Waals surface area contributed by atoms with Crippen molar-refractivity contribution in [1.82, 2.24) is 0 Å². The molecule has 1 unspecified atom stereocenters. The molecule has 0 aliphatic heterocycles. The van der Waals surface area contributed by atoms with E-state index in [1.807, 2.05) is 42.5 Å². The second-order valence-corrected chi connectivity index (χ2v) is 4.37. The van der Waals surface area contributed by atoms with Gasteiger partial charge in [-0.15, -0.1) is 0 Å². The zero-order valence-corrected chi connectivity index (χ0v) is 9.74. The van der Waals surface area contributed by atoms with Crippen molar-refractivity contribution < 1.29 is 13.2 Å². The first-order chi connectivity index (χ1) is 8.47. The summed E-state index contributed by atoms with van der Waals surface area (Å²) in [5, 5.41) is 2.12. The van der Waals surface area contributed by atoms with Crippen molar-refractivity contribution in [2.24, 2.45) is 5.73 Å². The summed E-state index contributed by atoms with van der Waals surface area (Å²) < 4.78 is 36.8. The lowest BCUT2D eigenvalue weighted by atomic mass is 10.0. The van der Waals surface area contributed by atoms with Crippen LogP contribution in [0.1, 0.15) is 12.0 Å². The lowest BCUT2D eigenvalue weighted by Crippen LogP contribution is -2.37. The third-order valence-corrected chi connectivity index (χ3v) is 2.98. The van der Waals surface area contributed by atoms with Gasteiger partial charge in [-0.1, -0.05) is 42.5 Å². The molecule has 0 spiro atoms. The van der Waals surface area contributed by atoms with E-state index in [4.69, 9.17) is 5.73 Å². The Bertz CT molecular complexity index is 534. The highest BCUT2D eigenvalue weighted by atomic mass is 19.4. The predicted molar refractivity (Wildman–Crippen MR) is 66.3 cm³/mol. The Morgan fingerprint density at radius 1 is 1.00 bits per heavy atom. The molecule has 2 aromatic carbocycles. The molecular weight excluding hydrogens is 239 g/mol. The van der Waals surface area contributed by atoms with Crippen molar-refractivity contribution in [3.63, 3.8) is 0 Å². The highest BCUT2D eigenvalue weighted by Gasteiger charge is 2.35. The molecule has 4 heteroatoms. The minimum atomic E-state index is -4.31. The highest BCUT2D eigenvalue weighted by Crippen LogP contribution is 2.23. The number of hydrogen-bond acceptors (Lipinski definition) is 1. The van der Waals surface area contributed by atoms with Crippen molar-refractivity contribution in [3.05, 3.63) is 48.0 Å². The maximum Gasteiger partial charge on any atom is 0.403 e. The number of hydrogen-bond donors (Lipinski definition) is 1. The van der Waals surface area contributed by atoms with Gasteiger partial charge in [0, 0.05) is 0 Å². The molecule has 0 aliphatic carbocycles. The van der Waals surface area contributed by atoms with Crippen LogP contribution in [0.15, 0.2) is 42.5 Å². The maximum absolute atomic E-state index is 12.3. The van der Waals surface area contributed by atoms with E-state index in [0.717, 1.165) is 16.3 Å². The highest BCUT2D eigenvalue weighted by molar-refractivity contribution is 5.82. The average Bonchev–Trinajstić information content (AvgIpc) is 2.34. The summed E-state index contributed by atoms with van der Waals surface area (Å²) in [5.41, 5.74) is 5.97. The second-order valence-electron chi connectivity index (χ2n) is 4.37. The first-order valence-electron chi connectivity index (χ1n) is 5.77. The normalized spacial score (nSPS) is 13.8. The topological polar surface area (TPSA) is 26.0 Å². The fraction of sp³-hybridized carbons (Fsp3) is 0.286. The summed E-state index contributed by atoms with van der Waals surface area (Å²) in [4.78, 5) is 0. The Morgan fingerprint density at radius 3 is 2.33 bits per heavy atom. The summed E-state index contributed by atoms with van der Waals surface area (Å²) in [6.45, 7) is 0. The molecule has 1 nitrogen and oxygen atoms in total. The largest absolute Gasteiger partial charge is 0.403 e. The Morgan fingerprint density at radius 2 is 1.67 bits per heavy atom. The first-order valence-corrected chi connectivity index (χ1v) is 5.77. The van der Waals surface area contributed by atoms with Crippen molar-refractivity contribution in [3.8, 4) is 0 Å². The Labute approximate surface area is 103 Å². The summed E-state index contributed by atoms with van der Waals surface area (Å²) in [7, 11) is 0. The van der Waals surface area contributed by atoms with Crippen LogP contribution >= 0.6 is 0 Å². The number of benzene rings is 2. The predicted octanol–water partition coefficient (Wildman–Crippen LogP) is 3.66. The van der Waals surface area contributed by atoms with Gasteiger partial charge in [-0.2, -0.15) is 13.2 Å². The molecule has 2 rings (SSSR count). The number of fused-ring (bicyclic) bond motifs is 1. The monoisotopic (exact) mass is 253 g/mol. The van der Waals surface area contributed by atoms with Gasteiger partial charge in [0.05, 0.1) is 0 Å². The number of halogens is 3. The molecule has 0 radical (unpaired) electrons. The maximum atomic E-state index is 12.3. The van der Waals surface area contributed by atoms with Crippen LogP contribution in [0.25, 0.3) is 10.8 Å². The summed E-state index contributed by atoms with van der Waals surface area (Å²) in [6.07, 6.45) is -4.05. The van der Waals surface area contributed by atoms with Crippen LogP contribution in [-0.2, 0) is 6.42 Å². The SMILES string of the molecule is NC(CCc1ccc2ccccc2c1)C(F)(F)F. The van der Waals surface area contributed by atoms with Gasteiger partial charge in [0.15, 0.2) is 0 Å². The molecule has 0 fully saturated rings. The minimum absolute atomic E-state index is 0.0815. The number of rotatable bonds is 3. The minimum Gasteiger partial charge on any atom is -0.320 e. The van der Waals surface area contributed by atoms with Gasteiger partial charge in [0.1, 0.15) is 6.04 Å². The second kappa shape index (κ2) is 4.98. The van der Waals surface area contributed by atoms with Gasteiger partial charge in [0.25, 0.3) is 0 Å². The van der Waals surface area contributed by atoms with Crippen molar-refractivity contribution >= 4 is 10.8 Å². The molecule has 1 atom stereocenters. The fourth-order valence-corrected chi connectivity index (χ4v) is 1.88. The van der Waals surface area contributed by atoms with E-state index in [-0.39, 0.29) is 6.42 Å². The van der Waals surface area contributed by atoms with E-state index in [9.17, 15) is 13.2 Å². The summed E-state index contributed by atoms with van der Waals surface area (Å²) in [5.74, 6) is 0. The Kier molecular flexibility index (Phi) is 3.57. The van der Waals surface area contributed by atoms with Gasteiger partial charge in [-0.05, 0) is 29.2 Å². The molecule has 18 heavy (non-hydrogen) atoms. The zero-order valence-electron chi connectivity index (χ0n) is 9.74. The van der Waals surface area contributed by atoms with Crippen molar-refractivity contribution in [2.45, 2.75) is 25.1 Å². The lowest BCUT2D eigenvalue weighted by Gasteiger charge is -2.15. The van der Waals surface area contributed by atoms with Gasteiger partial charge in [-0.25, -0.2) is 0 Å². The molecule has 0 saturated carbocycles. The van der Waals surface area contributed by atoms with Gasteiger partial charge in [-0.3, -0.25) is 0 Å². The molecule has 0 bridgehead atoms. The third kappa shape index (κ3) is 3.01. The first kappa shape index (κ1) is 12.9. The fourth-order valence-electron chi connectivity index (χ4n) is 1.88. The molecule has 0 aromatic heterocycles. The Balaban J connectivity index is 2.08. The Hall–Kier alpha value is -1.55. The molecule has 2 aromatic rings. The van der Waals surface area contributed by atoms with E-state index in [0.29, 0.717) is 6.42 Å². The van der Waals surface area contributed by atoms with Crippen LogP contribution in [0.3, 0.4) is 0 Å². The average molecular weight is 253 g/mol. The molecule has 0 aliphatic rings. The van der Waals surface area contributed by atoms with Gasteiger partial charge in [0.2, 0.25) is 0 Å². The molecule has 0 amide bonds. The molecule has 2 N–H and O–H groups in total. The van der Waals surface area contributed by atoms with Crippen LogP contribution in [0.4, 0.5) is 13.2 Å². The van der Waals surface area contributed by atoms with Crippen molar-refractivity contribution in [2.75, 3.05) is 0 Å². The lowest BCUT2D eigenvalue weighted by molar-refractivity contribution is -0.148. The van der Waals surface area contributed by atoms with Crippen LogP contribution in [0.5, 0.6) is 0 Å². The van der Waals surface area contributed by atoms with Crippen LogP contribution in [0.2, 0.25) is 0 Å². The molecule has 0 saturated heterocycles. The van der Waals surface area contributed by atoms with E-state index in [1.54, 1.807) is 0 Å². The van der Waals surface area contributed by atoms with E-state index >= 15 is 0 Å². The van der Waals surface area contributed by atoms with Crippen LogP contribution in [0, 0.1) is 0 Å². The molecule has 0 heterocycles. The summed E-state index contributed by atoms with van der Waals surface area (Å²) >= 11 is 0. The smallest absolute Gasteiger partial charge is 0.320 e. The van der Waals surface area contributed by atoms with Gasteiger partial charge >= 0.3 is 6.18 Å². The number of aryl methyl sites for hydroxylation is 1. The molecular formula is C14H14F3N. The van der Waals surface area contributed by atoms with Gasteiger partial charge < -0.3 is 5.73 Å². The van der Waals surface area contributed by atoms with E-state index < -0.39 is 12.2 Å². The standard InChI is InChI=1S/C14H14F3N/c15-14(16,17)13(18)8-6-10-5-7-11-3-1-2-4-12(11)9-10/h1-5,7,9,13H,6,8,18H2. The van der Waals surface area contributed by atoms with E-state index in [2.05, 4.69) is 0 Å². The number of nitrogens with two attached hydrogens (primary N) is 1. The number of alkyl halides is 3. The van der Waals surface area contributed by atoms with Crippen molar-refractivity contribution in [1.29, 1.82) is 0 Å². The van der Waals surface area contributed by atoms with Crippen LogP contribution in [-0.4, -0.2) is 12.2 Å². The zero-order chi connectivity index (χ0) is 13.2. The summed E-state index contributed by atoms with van der Waals surface area (Å²) in [6, 6.07) is 11.7. The third-order valence-electron chi connectivity index (χ3n) is 2.98. The van der Waals surface area contributed by atoms with Crippen LogP contribution < -0.4 is 5.73 Å². The quantitative estimate of drug-likeness (QED) is 0.887.